The second-order valence-corrected chi connectivity index (χ2v) is 6.04. The van der Waals surface area contributed by atoms with Crippen LogP contribution >= 0.6 is 0 Å². The summed E-state index contributed by atoms with van der Waals surface area (Å²) in [5.41, 5.74) is 2.02. The molecule has 0 aromatic heterocycles. The minimum atomic E-state index is -0.597. The van der Waals surface area contributed by atoms with E-state index in [9.17, 15) is 9.59 Å². The van der Waals surface area contributed by atoms with Gasteiger partial charge in [0.15, 0.2) is 6.10 Å². The van der Waals surface area contributed by atoms with Crippen LogP contribution in [0.4, 0.5) is 0 Å². The van der Waals surface area contributed by atoms with Crippen LogP contribution in [-0.4, -0.2) is 36.0 Å². The largest absolute Gasteiger partial charge is 0.466 e. The van der Waals surface area contributed by atoms with Crippen molar-refractivity contribution in [1.82, 2.24) is 4.90 Å². The van der Waals surface area contributed by atoms with Gasteiger partial charge in [0.2, 0.25) is 0 Å². The van der Waals surface area contributed by atoms with Crippen LogP contribution in [-0.2, 0) is 32.2 Å². The first kappa shape index (κ1) is 17.9. The lowest BCUT2D eigenvalue weighted by atomic mass is 9.96. The summed E-state index contributed by atoms with van der Waals surface area (Å²) >= 11 is 0. The van der Waals surface area contributed by atoms with E-state index < -0.39 is 12.1 Å². The normalized spacial score (nSPS) is 19.4. The first-order chi connectivity index (χ1) is 12.7. The smallest absolute Gasteiger partial charge is 0.330 e. The molecule has 0 aliphatic carbocycles. The molecule has 1 aliphatic heterocycles. The summed E-state index contributed by atoms with van der Waals surface area (Å²) < 4.78 is 10.5. The van der Waals surface area contributed by atoms with Gasteiger partial charge in [-0.1, -0.05) is 66.7 Å². The van der Waals surface area contributed by atoms with Gasteiger partial charge in [-0.3, -0.25) is 4.79 Å². The van der Waals surface area contributed by atoms with Crippen LogP contribution in [0.25, 0.3) is 0 Å². The monoisotopic (exact) mass is 351 g/mol. The van der Waals surface area contributed by atoms with E-state index in [4.69, 9.17) is 4.74 Å². The van der Waals surface area contributed by atoms with Crippen molar-refractivity contribution in [3.63, 3.8) is 0 Å². The fourth-order valence-corrected chi connectivity index (χ4v) is 2.88. The molecule has 1 heterocycles. The van der Waals surface area contributed by atoms with Crippen molar-refractivity contribution < 1.29 is 19.1 Å². The van der Waals surface area contributed by atoms with E-state index in [-0.39, 0.29) is 11.9 Å². The number of carbonyl (C=O) groups is 2. The molecule has 1 saturated heterocycles. The highest BCUT2D eigenvalue weighted by Gasteiger charge is 2.46. The summed E-state index contributed by atoms with van der Waals surface area (Å²) in [5, 5.41) is 0. The number of hydrogen-bond donors (Lipinski definition) is 0. The Bertz CT molecular complexity index is 773. The molecular formula is C21H21NO4. The van der Waals surface area contributed by atoms with Gasteiger partial charge in [0.05, 0.1) is 19.8 Å². The molecule has 26 heavy (non-hydrogen) atoms. The maximum absolute atomic E-state index is 12.6. The Hall–Kier alpha value is -2.92. The molecule has 0 N–H and O–H groups in total. The zero-order valence-corrected chi connectivity index (χ0v) is 14.6. The number of benzene rings is 2. The van der Waals surface area contributed by atoms with E-state index in [1.165, 1.54) is 13.2 Å². The zero-order valence-electron chi connectivity index (χ0n) is 14.6. The molecule has 2 atom stereocenters. The number of carbonyl (C=O) groups excluding carboxylic acids is 2. The molecule has 5 heteroatoms. The molecule has 1 fully saturated rings. The second kappa shape index (κ2) is 8.45. The van der Waals surface area contributed by atoms with Gasteiger partial charge in [-0.15, -0.1) is 0 Å². The number of rotatable bonds is 7. The number of nitrogens with zero attached hydrogens (tertiary/aromatic N) is 1. The molecule has 1 amide bonds. The van der Waals surface area contributed by atoms with Gasteiger partial charge in [0.1, 0.15) is 0 Å². The molecule has 5 nitrogen and oxygen atoms in total. The van der Waals surface area contributed by atoms with Crippen molar-refractivity contribution in [3.05, 3.63) is 83.9 Å². The van der Waals surface area contributed by atoms with Crippen molar-refractivity contribution in [2.45, 2.75) is 25.3 Å². The highest BCUT2D eigenvalue weighted by Crippen LogP contribution is 2.27. The van der Waals surface area contributed by atoms with Crippen LogP contribution in [0.2, 0.25) is 0 Å². The van der Waals surface area contributed by atoms with Crippen molar-refractivity contribution in [1.29, 1.82) is 0 Å². The van der Waals surface area contributed by atoms with Crippen LogP contribution in [0.5, 0.6) is 0 Å². The number of likely N-dealkylation sites (tertiary alicyclic amines) is 1. The Morgan fingerprint density at radius 2 is 1.65 bits per heavy atom. The molecule has 0 spiro atoms. The molecular weight excluding hydrogens is 330 g/mol. The maximum Gasteiger partial charge on any atom is 0.330 e. The molecule has 2 aromatic carbocycles. The van der Waals surface area contributed by atoms with Crippen LogP contribution in [0.1, 0.15) is 11.1 Å². The minimum Gasteiger partial charge on any atom is -0.466 e. The summed E-state index contributed by atoms with van der Waals surface area (Å²) in [5.74, 6) is -0.532. The van der Waals surface area contributed by atoms with Gasteiger partial charge < -0.3 is 14.4 Å². The van der Waals surface area contributed by atoms with Crippen molar-refractivity contribution in [3.8, 4) is 0 Å². The van der Waals surface area contributed by atoms with E-state index in [0.717, 1.165) is 11.1 Å². The SMILES string of the molecule is COC(=O)/C=C/[C@@H]1[C@@H](OCc2ccccc2)C(=O)N1Cc1ccccc1. The summed E-state index contributed by atoms with van der Waals surface area (Å²) in [6.07, 6.45) is 2.42. The third kappa shape index (κ3) is 4.18. The first-order valence-electron chi connectivity index (χ1n) is 8.45. The fourth-order valence-electron chi connectivity index (χ4n) is 2.88. The first-order valence-corrected chi connectivity index (χ1v) is 8.45. The Labute approximate surface area is 152 Å². The Kier molecular flexibility index (Phi) is 5.81. The van der Waals surface area contributed by atoms with Crippen LogP contribution in [0.3, 0.4) is 0 Å². The fraction of sp³-hybridized carbons (Fsp3) is 0.238. The lowest BCUT2D eigenvalue weighted by Gasteiger charge is -2.45. The summed E-state index contributed by atoms with van der Waals surface area (Å²) in [6.45, 7) is 0.819. The zero-order chi connectivity index (χ0) is 18.4. The molecule has 0 bridgehead atoms. The molecule has 3 rings (SSSR count). The van der Waals surface area contributed by atoms with Gasteiger partial charge in [-0.2, -0.15) is 0 Å². The minimum absolute atomic E-state index is 0.0794. The second-order valence-electron chi connectivity index (χ2n) is 6.04. The third-order valence-electron chi connectivity index (χ3n) is 4.30. The topological polar surface area (TPSA) is 55.8 Å². The predicted molar refractivity (Wildman–Crippen MR) is 97.0 cm³/mol. The highest BCUT2D eigenvalue weighted by atomic mass is 16.5. The lowest BCUT2D eigenvalue weighted by Crippen LogP contribution is -2.64. The van der Waals surface area contributed by atoms with Crippen molar-refractivity contribution >= 4 is 11.9 Å². The highest BCUT2D eigenvalue weighted by molar-refractivity contribution is 5.90. The van der Waals surface area contributed by atoms with Crippen LogP contribution < -0.4 is 0 Å². The number of methoxy groups -OCH3 is 1. The van der Waals surface area contributed by atoms with Crippen LogP contribution in [0, 0.1) is 0 Å². The summed E-state index contributed by atoms with van der Waals surface area (Å²) in [7, 11) is 1.32. The molecule has 0 radical (unpaired) electrons. The number of hydrogen-bond acceptors (Lipinski definition) is 4. The predicted octanol–water partition coefficient (Wildman–Crippen LogP) is 2.71. The molecule has 2 aromatic rings. The quantitative estimate of drug-likeness (QED) is 0.437. The molecule has 0 saturated carbocycles. The van der Waals surface area contributed by atoms with E-state index in [2.05, 4.69) is 4.74 Å². The standard InChI is InChI=1S/C21H21NO4/c1-25-19(23)13-12-18-20(26-15-17-10-6-3-7-11-17)21(24)22(18)14-16-8-4-2-5-9-16/h2-13,18,20H,14-15H2,1H3/b13-12+/t18-,20-/m1/s1. The lowest BCUT2D eigenvalue weighted by molar-refractivity contribution is -0.172. The maximum atomic E-state index is 12.6. The van der Waals surface area contributed by atoms with Gasteiger partial charge in [0, 0.05) is 12.6 Å². The van der Waals surface area contributed by atoms with E-state index in [0.29, 0.717) is 13.2 Å². The van der Waals surface area contributed by atoms with E-state index in [1.54, 1.807) is 11.0 Å². The van der Waals surface area contributed by atoms with Crippen molar-refractivity contribution in [2.75, 3.05) is 7.11 Å². The Morgan fingerprint density at radius 3 is 2.27 bits per heavy atom. The molecule has 0 unspecified atom stereocenters. The Morgan fingerprint density at radius 1 is 1.04 bits per heavy atom. The average molecular weight is 351 g/mol. The van der Waals surface area contributed by atoms with Gasteiger partial charge in [-0.05, 0) is 11.1 Å². The van der Waals surface area contributed by atoms with Gasteiger partial charge in [0.25, 0.3) is 5.91 Å². The van der Waals surface area contributed by atoms with Gasteiger partial charge in [-0.25, -0.2) is 4.79 Å². The van der Waals surface area contributed by atoms with E-state index in [1.807, 2.05) is 60.7 Å². The van der Waals surface area contributed by atoms with Crippen LogP contribution in [0.15, 0.2) is 72.8 Å². The average Bonchev–Trinajstić information content (AvgIpc) is 2.69. The molecule has 134 valence electrons. The van der Waals surface area contributed by atoms with E-state index >= 15 is 0 Å². The number of β-lactam (4-membered cyclic amide) rings is 1. The number of ether oxygens (including phenoxy) is 2. The number of amides is 1. The van der Waals surface area contributed by atoms with Gasteiger partial charge >= 0.3 is 5.97 Å². The van der Waals surface area contributed by atoms with Crippen molar-refractivity contribution in [2.24, 2.45) is 0 Å². The summed E-state index contributed by atoms with van der Waals surface area (Å²) in [4.78, 5) is 25.7. The molecule has 1 aliphatic rings. The Balaban J connectivity index is 1.69. The number of esters is 1. The third-order valence-corrected chi connectivity index (χ3v) is 4.30. The summed E-state index contributed by atoms with van der Waals surface area (Å²) in [6, 6.07) is 19.1.